The van der Waals surface area contributed by atoms with Gasteiger partial charge in [0.25, 0.3) is 0 Å². The highest BCUT2D eigenvalue weighted by atomic mass is 16.5. The minimum atomic E-state index is -0.146. The molecule has 1 aromatic rings. The van der Waals surface area contributed by atoms with Crippen LogP contribution in [0.2, 0.25) is 0 Å². The fourth-order valence-electron chi connectivity index (χ4n) is 2.78. The molecule has 2 rings (SSSR count). The van der Waals surface area contributed by atoms with E-state index in [0.717, 1.165) is 12.0 Å². The van der Waals surface area contributed by atoms with Gasteiger partial charge in [-0.1, -0.05) is 25.8 Å². The topological polar surface area (TPSA) is 50.4 Å². The first kappa shape index (κ1) is 14.7. The zero-order valence-corrected chi connectivity index (χ0v) is 12.5. The number of nitrogens with one attached hydrogen (secondary N) is 2. The van der Waals surface area contributed by atoms with Crippen LogP contribution >= 0.6 is 0 Å². The lowest BCUT2D eigenvalue weighted by Gasteiger charge is -2.29. The van der Waals surface area contributed by atoms with Crippen molar-refractivity contribution in [3.63, 3.8) is 0 Å². The average Bonchev–Trinajstić information content (AvgIpc) is 2.41. The second-order valence-corrected chi connectivity index (χ2v) is 5.67. The quantitative estimate of drug-likeness (QED) is 0.884. The molecule has 110 valence electrons. The third-order valence-electron chi connectivity index (χ3n) is 4.03. The number of carbonyl (C=O) groups is 1. The van der Waals surface area contributed by atoms with Crippen molar-refractivity contribution in [2.24, 2.45) is 5.92 Å². The summed E-state index contributed by atoms with van der Waals surface area (Å²) in [5, 5.41) is 5.98. The van der Waals surface area contributed by atoms with Gasteiger partial charge >= 0.3 is 6.03 Å². The van der Waals surface area contributed by atoms with Crippen molar-refractivity contribution in [3.8, 4) is 5.75 Å². The number of hydrogen-bond donors (Lipinski definition) is 2. The predicted molar refractivity (Wildman–Crippen MR) is 81.3 cm³/mol. The summed E-state index contributed by atoms with van der Waals surface area (Å²) in [6.45, 7) is 4.20. The summed E-state index contributed by atoms with van der Waals surface area (Å²) in [6.07, 6.45) is 4.73. The van der Waals surface area contributed by atoms with Crippen LogP contribution in [-0.4, -0.2) is 19.2 Å². The molecule has 1 aromatic carbocycles. The number of rotatable bonds is 3. The molecule has 1 fully saturated rings. The maximum absolute atomic E-state index is 12.1. The van der Waals surface area contributed by atoms with E-state index in [4.69, 9.17) is 4.74 Å². The summed E-state index contributed by atoms with van der Waals surface area (Å²) in [4.78, 5) is 12.1. The van der Waals surface area contributed by atoms with Gasteiger partial charge in [-0.15, -0.1) is 0 Å². The number of hydrogen-bond acceptors (Lipinski definition) is 2. The van der Waals surface area contributed by atoms with E-state index in [1.165, 1.54) is 19.3 Å². The largest absolute Gasteiger partial charge is 0.495 e. The maximum atomic E-state index is 12.1. The van der Waals surface area contributed by atoms with E-state index >= 15 is 0 Å². The first-order valence-electron chi connectivity index (χ1n) is 7.32. The number of amides is 2. The molecule has 0 aromatic heterocycles. The van der Waals surface area contributed by atoms with Gasteiger partial charge in [0.05, 0.1) is 12.8 Å². The van der Waals surface area contributed by atoms with Crippen LogP contribution in [0.15, 0.2) is 18.2 Å². The monoisotopic (exact) mass is 276 g/mol. The van der Waals surface area contributed by atoms with Crippen LogP contribution in [0.4, 0.5) is 10.5 Å². The molecular formula is C16H24N2O2. The molecule has 0 aliphatic heterocycles. The van der Waals surface area contributed by atoms with Crippen molar-refractivity contribution >= 4 is 11.7 Å². The van der Waals surface area contributed by atoms with E-state index in [1.54, 1.807) is 7.11 Å². The van der Waals surface area contributed by atoms with Crippen LogP contribution in [0.25, 0.3) is 0 Å². The molecule has 2 unspecified atom stereocenters. The van der Waals surface area contributed by atoms with Crippen LogP contribution in [-0.2, 0) is 0 Å². The SMILES string of the molecule is COc1ccc(C)cc1NC(=O)NC1CCCCC1C. The second kappa shape index (κ2) is 6.64. The van der Waals surface area contributed by atoms with E-state index in [1.807, 2.05) is 25.1 Å². The van der Waals surface area contributed by atoms with Crippen molar-refractivity contribution < 1.29 is 9.53 Å². The molecule has 2 amide bonds. The Morgan fingerprint density at radius 1 is 1.30 bits per heavy atom. The average molecular weight is 276 g/mol. The van der Waals surface area contributed by atoms with Gasteiger partial charge in [0.1, 0.15) is 5.75 Å². The molecule has 0 heterocycles. The summed E-state index contributed by atoms with van der Waals surface area (Å²) in [5.74, 6) is 1.23. The summed E-state index contributed by atoms with van der Waals surface area (Å²) < 4.78 is 5.27. The van der Waals surface area contributed by atoms with E-state index in [2.05, 4.69) is 17.6 Å². The van der Waals surface area contributed by atoms with Crippen LogP contribution in [0.5, 0.6) is 5.75 Å². The summed E-state index contributed by atoms with van der Waals surface area (Å²) in [6, 6.07) is 5.88. The van der Waals surface area contributed by atoms with Crippen LogP contribution in [0.1, 0.15) is 38.2 Å². The molecule has 1 aliphatic rings. The molecule has 0 radical (unpaired) electrons. The lowest BCUT2D eigenvalue weighted by Crippen LogP contribution is -2.43. The van der Waals surface area contributed by atoms with Crippen LogP contribution in [0, 0.1) is 12.8 Å². The smallest absolute Gasteiger partial charge is 0.319 e. The Morgan fingerprint density at radius 2 is 2.05 bits per heavy atom. The van der Waals surface area contributed by atoms with Gasteiger partial charge in [-0.05, 0) is 43.4 Å². The van der Waals surface area contributed by atoms with Gasteiger partial charge in [0.15, 0.2) is 0 Å². The molecular weight excluding hydrogens is 252 g/mol. The Kier molecular flexibility index (Phi) is 4.88. The molecule has 20 heavy (non-hydrogen) atoms. The number of benzene rings is 1. The summed E-state index contributed by atoms with van der Waals surface area (Å²) >= 11 is 0. The summed E-state index contributed by atoms with van der Waals surface area (Å²) in [7, 11) is 1.61. The molecule has 1 saturated carbocycles. The highest BCUT2D eigenvalue weighted by molar-refractivity contribution is 5.91. The van der Waals surface area contributed by atoms with Crippen LogP contribution < -0.4 is 15.4 Å². The second-order valence-electron chi connectivity index (χ2n) is 5.67. The number of urea groups is 1. The van der Waals surface area contributed by atoms with E-state index in [9.17, 15) is 4.79 Å². The Bertz CT molecular complexity index is 474. The van der Waals surface area contributed by atoms with Gasteiger partial charge in [-0.25, -0.2) is 4.79 Å². The minimum Gasteiger partial charge on any atom is -0.495 e. The van der Waals surface area contributed by atoms with Crippen molar-refractivity contribution in [3.05, 3.63) is 23.8 Å². The Balaban J connectivity index is 1.99. The van der Waals surface area contributed by atoms with E-state index in [0.29, 0.717) is 17.4 Å². The molecule has 0 saturated heterocycles. The third-order valence-corrected chi connectivity index (χ3v) is 4.03. The Hall–Kier alpha value is -1.71. The van der Waals surface area contributed by atoms with E-state index < -0.39 is 0 Å². The van der Waals surface area contributed by atoms with Gasteiger partial charge in [-0.3, -0.25) is 0 Å². The number of methoxy groups -OCH3 is 1. The minimum absolute atomic E-state index is 0.146. The zero-order valence-electron chi connectivity index (χ0n) is 12.5. The van der Waals surface area contributed by atoms with Crippen molar-refractivity contribution in [1.82, 2.24) is 5.32 Å². The highest BCUT2D eigenvalue weighted by Crippen LogP contribution is 2.26. The van der Waals surface area contributed by atoms with Crippen molar-refractivity contribution in [2.45, 2.75) is 45.6 Å². The van der Waals surface area contributed by atoms with Crippen molar-refractivity contribution in [1.29, 1.82) is 0 Å². The zero-order chi connectivity index (χ0) is 14.5. The van der Waals surface area contributed by atoms with Gasteiger partial charge in [0.2, 0.25) is 0 Å². The predicted octanol–water partition coefficient (Wildman–Crippen LogP) is 3.70. The highest BCUT2D eigenvalue weighted by Gasteiger charge is 2.23. The van der Waals surface area contributed by atoms with Gasteiger partial charge in [-0.2, -0.15) is 0 Å². The summed E-state index contributed by atoms with van der Waals surface area (Å²) in [5.41, 5.74) is 1.81. The molecule has 2 atom stereocenters. The molecule has 4 heteroatoms. The lowest BCUT2D eigenvalue weighted by molar-refractivity contribution is 0.232. The molecule has 1 aliphatic carbocycles. The maximum Gasteiger partial charge on any atom is 0.319 e. The third kappa shape index (κ3) is 3.65. The number of carbonyl (C=O) groups excluding carboxylic acids is 1. The van der Waals surface area contributed by atoms with Crippen molar-refractivity contribution in [2.75, 3.05) is 12.4 Å². The number of aryl methyl sites for hydroxylation is 1. The van der Waals surface area contributed by atoms with Crippen LogP contribution in [0.3, 0.4) is 0 Å². The fourth-order valence-corrected chi connectivity index (χ4v) is 2.78. The molecule has 0 bridgehead atoms. The van der Waals surface area contributed by atoms with Gasteiger partial charge in [0, 0.05) is 6.04 Å². The molecule has 0 spiro atoms. The molecule has 4 nitrogen and oxygen atoms in total. The number of anilines is 1. The standard InChI is InChI=1S/C16H24N2O2/c1-11-8-9-15(20-3)14(10-11)18-16(19)17-13-7-5-4-6-12(13)2/h8-10,12-13H,4-7H2,1-3H3,(H2,17,18,19). The molecule has 2 N–H and O–H groups in total. The first-order chi connectivity index (χ1) is 9.60. The first-order valence-corrected chi connectivity index (χ1v) is 7.32. The lowest BCUT2D eigenvalue weighted by atomic mass is 9.86. The van der Waals surface area contributed by atoms with Gasteiger partial charge < -0.3 is 15.4 Å². The Morgan fingerprint density at radius 3 is 2.75 bits per heavy atom. The normalized spacial score (nSPS) is 22.1. The van der Waals surface area contributed by atoms with E-state index in [-0.39, 0.29) is 12.1 Å². The number of ether oxygens (including phenoxy) is 1. The fraction of sp³-hybridized carbons (Fsp3) is 0.562. The Labute approximate surface area is 120 Å².